The molecule has 1 aromatic rings. The van der Waals surface area contributed by atoms with Gasteiger partial charge in [-0.15, -0.1) is 11.3 Å². The molecule has 0 saturated carbocycles. The van der Waals surface area contributed by atoms with Crippen molar-refractivity contribution in [2.24, 2.45) is 0 Å². The van der Waals surface area contributed by atoms with Crippen LogP contribution < -0.4 is 0 Å². The second kappa shape index (κ2) is 5.25. The highest BCUT2D eigenvalue weighted by atomic mass is 32.1. The topological polar surface area (TPSA) is 36.4 Å². The van der Waals surface area contributed by atoms with E-state index in [1.807, 2.05) is 27.9 Å². The van der Waals surface area contributed by atoms with Gasteiger partial charge in [0.25, 0.3) is 0 Å². The molecule has 0 aliphatic heterocycles. The summed E-state index contributed by atoms with van der Waals surface area (Å²) in [6, 6.07) is 0. The molecular weight excluding hydrogens is 220 g/mol. The SMILES string of the molecule is CCCc1nc(CN(C)C)sc1C(C)(C)O. The summed E-state index contributed by atoms with van der Waals surface area (Å²) in [6.45, 7) is 6.65. The molecule has 0 fully saturated rings. The van der Waals surface area contributed by atoms with Gasteiger partial charge < -0.3 is 10.0 Å². The lowest BCUT2D eigenvalue weighted by Gasteiger charge is -2.16. The highest BCUT2D eigenvalue weighted by Gasteiger charge is 2.24. The Hall–Kier alpha value is -0.450. The van der Waals surface area contributed by atoms with E-state index in [2.05, 4.69) is 16.8 Å². The zero-order valence-corrected chi connectivity index (χ0v) is 11.7. The summed E-state index contributed by atoms with van der Waals surface area (Å²) in [7, 11) is 4.06. The Morgan fingerprint density at radius 1 is 1.38 bits per heavy atom. The van der Waals surface area contributed by atoms with Gasteiger partial charge in [0.2, 0.25) is 0 Å². The van der Waals surface area contributed by atoms with Crippen LogP contribution in [0, 0.1) is 0 Å². The van der Waals surface area contributed by atoms with Crippen LogP contribution in [0.15, 0.2) is 0 Å². The number of aryl methyl sites for hydroxylation is 1. The molecule has 92 valence electrons. The second-order valence-electron chi connectivity index (χ2n) is 4.93. The first-order valence-electron chi connectivity index (χ1n) is 5.70. The van der Waals surface area contributed by atoms with Gasteiger partial charge in [0.1, 0.15) is 5.01 Å². The van der Waals surface area contributed by atoms with Crippen molar-refractivity contribution in [2.45, 2.75) is 45.8 Å². The Bertz CT molecular complexity index is 339. The third kappa shape index (κ3) is 3.54. The highest BCUT2D eigenvalue weighted by Crippen LogP contribution is 2.31. The molecule has 0 aromatic carbocycles. The Kier molecular flexibility index (Phi) is 4.47. The monoisotopic (exact) mass is 242 g/mol. The number of aliphatic hydroxyl groups is 1. The largest absolute Gasteiger partial charge is 0.385 e. The van der Waals surface area contributed by atoms with E-state index in [1.165, 1.54) is 0 Å². The standard InChI is InChI=1S/C12H22N2OS/c1-6-7-9-11(12(2,3)15)16-10(13-9)8-14(4)5/h15H,6-8H2,1-5H3. The van der Waals surface area contributed by atoms with E-state index in [1.54, 1.807) is 11.3 Å². The molecule has 1 heterocycles. The molecule has 0 unspecified atom stereocenters. The summed E-state index contributed by atoms with van der Waals surface area (Å²) < 4.78 is 0. The Morgan fingerprint density at radius 2 is 2.00 bits per heavy atom. The van der Waals surface area contributed by atoms with Gasteiger partial charge in [-0.2, -0.15) is 0 Å². The van der Waals surface area contributed by atoms with Crippen LogP contribution in [0.5, 0.6) is 0 Å². The lowest BCUT2D eigenvalue weighted by molar-refractivity contribution is 0.0813. The van der Waals surface area contributed by atoms with Crippen molar-refractivity contribution in [2.75, 3.05) is 14.1 Å². The lowest BCUT2D eigenvalue weighted by atomic mass is 10.0. The van der Waals surface area contributed by atoms with E-state index in [0.29, 0.717) is 0 Å². The number of thiazole rings is 1. The molecule has 1 N–H and O–H groups in total. The molecule has 1 rings (SSSR count). The van der Waals surface area contributed by atoms with Crippen LogP contribution >= 0.6 is 11.3 Å². The zero-order valence-electron chi connectivity index (χ0n) is 10.9. The predicted octanol–water partition coefficient (Wildman–Crippen LogP) is 2.38. The van der Waals surface area contributed by atoms with Gasteiger partial charge in [0.05, 0.1) is 16.2 Å². The molecule has 0 saturated heterocycles. The minimum atomic E-state index is -0.771. The summed E-state index contributed by atoms with van der Waals surface area (Å²) in [4.78, 5) is 7.74. The van der Waals surface area contributed by atoms with Crippen molar-refractivity contribution in [1.29, 1.82) is 0 Å². The average Bonchev–Trinajstić information content (AvgIpc) is 2.46. The fourth-order valence-corrected chi connectivity index (χ4v) is 2.85. The summed E-state index contributed by atoms with van der Waals surface area (Å²) in [5.41, 5.74) is 0.295. The van der Waals surface area contributed by atoms with E-state index in [0.717, 1.165) is 35.0 Å². The quantitative estimate of drug-likeness (QED) is 0.861. The fourth-order valence-electron chi connectivity index (χ4n) is 1.62. The van der Waals surface area contributed by atoms with E-state index < -0.39 is 5.60 Å². The van der Waals surface area contributed by atoms with Crippen molar-refractivity contribution in [3.8, 4) is 0 Å². The number of hydrogen-bond acceptors (Lipinski definition) is 4. The Morgan fingerprint density at radius 3 is 2.44 bits per heavy atom. The molecule has 4 heteroatoms. The molecule has 3 nitrogen and oxygen atoms in total. The number of nitrogens with zero attached hydrogens (tertiary/aromatic N) is 2. The van der Waals surface area contributed by atoms with Crippen LogP contribution in [0.4, 0.5) is 0 Å². The fraction of sp³-hybridized carbons (Fsp3) is 0.750. The van der Waals surface area contributed by atoms with Crippen molar-refractivity contribution in [3.05, 3.63) is 15.6 Å². The smallest absolute Gasteiger partial charge is 0.107 e. The lowest BCUT2D eigenvalue weighted by Crippen LogP contribution is -2.15. The molecule has 0 bridgehead atoms. The van der Waals surface area contributed by atoms with Crippen LogP contribution in [0.1, 0.15) is 42.8 Å². The second-order valence-corrected chi connectivity index (χ2v) is 6.01. The Balaban J connectivity index is 3.00. The van der Waals surface area contributed by atoms with Crippen LogP contribution in [0.3, 0.4) is 0 Å². The van der Waals surface area contributed by atoms with E-state index in [4.69, 9.17) is 0 Å². The van der Waals surface area contributed by atoms with Crippen LogP contribution in [-0.2, 0) is 18.6 Å². The predicted molar refractivity (Wildman–Crippen MR) is 68.7 cm³/mol. The first-order valence-corrected chi connectivity index (χ1v) is 6.52. The van der Waals surface area contributed by atoms with Gasteiger partial charge in [-0.25, -0.2) is 4.98 Å². The molecule has 16 heavy (non-hydrogen) atoms. The minimum absolute atomic E-state index is 0.771. The molecule has 0 amide bonds. The number of hydrogen-bond donors (Lipinski definition) is 1. The highest BCUT2D eigenvalue weighted by molar-refractivity contribution is 7.11. The number of aromatic nitrogens is 1. The molecule has 0 radical (unpaired) electrons. The maximum Gasteiger partial charge on any atom is 0.107 e. The van der Waals surface area contributed by atoms with Gasteiger partial charge in [0.15, 0.2) is 0 Å². The van der Waals surface area contributed by atoms with Crippen LogP contribution in [0.25, 0.3) is 0 Å². The van der Waals surface area contributed by atoms with E-state index in [9.17, 15) is 5.11 Å². The van der Waals surface area contributed by atoms with Gasteiger partial charge in [-0.05, 0) is 34.4 Å². The van der Waals surface area contributed by atoms with Gasteiger partial charge in [-0.1, -0.05) is 13.3 Å². The van der Waals surface area contributed by atoms with Crippen molar-refractivity contribution >= 4 is 11.3 Å². The normalized spacial score (nSPS) is 12.4. The van der Waals surface area contributed by atoms with Crippen molar-refractivity contribution < 1.29 is 5.11 Å². The first-order chi connectivity index (χ1) is 7.34. The molecule has 1 aromatic heterocycles. The van der Waals surface area contributed by atoms with Crippen LogP contribution in [0.2, 0.25) is 0 Å². The molecule has 0 aliphatic rings. The molecule has 0 spiro atoms. The van der Waals surface area contributed by atoms with Crippen molar-refractivity contribution in [3.63, 3.8) is 0 Å². The summed E-state index contributed by atoms with van der Waals surface area (Å²) in [6.07, 6.45) is 2.01. The van der Waals surface area contributed by atoms with Gasteiger partial charge in [0, 0.05) is 6.54 Å². The van der Waals surface area contributed by atoms with Crippen molar-refractivity contribution in [1.82, 2.24) is 9.88 Å². The summed E-state index contributed by atoms with van der Waals surface area (Å²) in [5.74, 6) is 0. The molecule has 0 atom stereocenters. The van der Waals surface area contributed by atoms with E-state index >= 15 is 0 Å². The Labute approximate surface area is 102 Å². The maximum absolute atomic E-state index is 10.1. The summed E-state index contributed by atoms with van der Waals surface area (Å²) in [5, 5.41) is 11.2. The minimum Gasteiger partial charge on any atom is -0.385 e. The first kappa shape index (κ1) is 13.6. The van der Waals surface area contributed by atoms with Gasteiger partial charge >= 0.3 is 0 Å². The number of rotatable bonds is 5. The average molecular weight is 242 g/mol. The maximum atomic E-state index is 10.1. The zero-order chi connectivity index (χ0) is 12.3. The molecule has 0 aliphatic carbocycles. The third-order valence-electron chi connectivity index (χ3n) is 2.24. The third-order valence-corrected chi connectivity index (χ3v) is 3.63. The van der Waals surface area contributed by atoms with E-state index in [-0.39, 0.29) is 0 Å². The summed E-state index contributed by atoms with van der Waals surface area (Å²) >= 11 is 1.63. The molecular formula is C12H22N2OS. The van der Waals surface area contributed by atoms with Crippen LogP contribution in [-0.4, -0.2) is 29.1 Å². The van der Waals surface area contributed by atoms with Gasteiger partial charge in [-0.3, -0.25) is 0 Å².